The third-order valence-electron chi connectivity index (χ3n) is 4.12. The van der Waals surface area contributed by atoms with E-state index >= 15 is 0 Å². The molecule has 0 bridgehead atoms. The van der Waals surface area contributed by atoms with E-state index in [1.165, 1.54) is 4.90 Å². The molecule has 0 aliphatic rings. The number of carbonyl (C=O) groups excluding carboxylic acids is 1. The summed E-state index contributed by atoms with van der Waals surface area (Å²) in [6.45, 7) is 2.85. The molecule has 1 amide bonds. The lowest BCUT2D eigenvalue weighted by molar-refractivity contribution is -0.127. The van der Waals surface area contributed by atoms with E-state index in [0.29, 0.717) is 12.5 Å². The summed E-state index contributed by atoms with van der Waals surface area (Å²) < 4.78 is 0. The Kier molecular flexibility index (Phi) is 10.9. The van der Waals surface area contributed by atoms with Crippen LogP contribution >= 0.6 is 35.6 Å². The summed E-state index contributed by atoms with van der Waals surface area (Å²) in [4.78, 5) is 17.9. The zero-order chi connectivity index (χ0) is 19.6. The van der Waals surface area contributed by atoms with E-state index in [2.05, 4.69) is 34.7 Å². The number of benzene rings is 2. The van der Waals surface area contributed by atoms with Crippen molar-refractivity contribution in [3.63, 3.8) is 0 Å². The van der Waals surface area contributed by atoms with Crippen LogP contribution < -0.4 is 10.6 Å². The second-order valence-corrected chi connectivity index (χ2v) is 6.97. The maximum atomic E-state index is 11.9. The second-order valence-electron chi connectivity index (χ2n) is 6.54. The number of hydrogen-bond acceptors (Lipinski definition) is 2. The molecule has 1 atom stereocenters. The number of guanidine groups is 1. The van der Waals surface area contributed by atoms with Gasteiger partial charge in [0.15, 0.2) is 5.96 Å². The molecule has 2 rings (SSSR count). The number of aliphatic imine (C=N–C) groups is 1. The highest BCUT2D eigenvalue weighted by Gasteiger charge is 2.09. The number of nitrogens with one attached hydrogen (secondary N) is 2. The highest BCUT2D eigenvalue weighted by molar-refractivity contribution is 14.0. The second kappa shape index (κ2) is 12.6. The smallest absolute Gasteiger partial charge is 0.243 e. The maximum absolute atomic E-state index is 11.9. The van der Waals surface area contributed by atoms with Gasteiger partial charge in [0.05, 0.1) is 6.04 Å². The molecule has 1 unspecified atom stereocenters. The third kappa shape index (κ3) is 8.48. The van der Waals surface area contributed by atoms with Crippen LogP contribution in [0.5, 0.6) is 0 Å². The summed E-state index contributed by atoms with van der Waals surface area (Å²) in [5.41, 5.74) is 2.30. The number of hydrogen-bond donors (Lipinski definition) is 2. The molecule has 0 saturated carbocycles. The van der Waals surface area contributed by atoms with Gasteiger partial charge in [-0.1, -0.05) is 54.1 Å². The number of carbonyl (C=O) groups is 1. The van der Waals surface area contributed by atoms with Crippen LogP contribution in [-0.4, -0.2) is 44.0 Å². The Bertz CT molecular complexity index is 768. The highest BCUT2D eigenvalue weighted by Crippen LogP contribution is 2.12. The van der Waals surface area contributed by atoms with E-state index in [1.54, 1.807) is 14.1 Å². The number of rotatable bonds is 7. The number of likely N-dealkylation sites (N-methyl/N-ethyl adjacent to an activating group) is 1. The topological polar surface area (TPSA) is 56.7 Å². The Hall–Kier alpha value is -1.80. The van der Waals surface area contributed by atoms with Gasteiger partial charge in [-0.2, -0.15) is 0 Å². The van der Waals surface area contributed by atoms with Crippen molar-refractivity contribution < 1.29 is 4.79 Å². The van der Waals surface area contributed by atoms with Gasteiger partial charge in [-0.05, 0) is 36.6 Å². The normalized spacial score (nSPS) is 11.9. The van der Waals surface area contributed by atoms with Crippen LogP contribution in [0.2, 0.25) is 5.02 Å². The Morgan fingerprint density at radius 1 is 1.14 bits per heavy atom. The molecule has 0 aromatic heterocycles. The van der Waals surface area contributed by atoms with Crippen molar-refractivity contribution in [2.75, 3.05) is 27.2 Å². The summed E-state index contributed by atoms with van der Waals surface area (Å²) in [6, 6.07) is 18.0. The average molecular weight is 515 g/mol. The van der Waals surface area contributed by atoms with Gasteiger partial charge in [-0.15, -0.1) is 24.0 Å². The summed E-state index contributed by atoms with van der Waals surface area (Å²) in [7, 11) is 3.45. The summed E-state index contributed by atoms with van der Waals surface area (Å²) in [5.74, 6) is 0.571. The Morgan fingerprint density at radius 3 is 2.50 bits per heavy atom. The van der Waals surface area contributed by atoms with Crippen molar-refractivity contribution >= 4 is 47.4 Å². The predicted octanol–water partition coefficient (Wildman–Crippen LogP) is 3.89. The lowest BCUT2D eigenvalue weighted by Gasteiger charge is -2.19. The molecule has 0 spiro atoms. The van der Waals surface area contributed by atoms with Crippen LogP contribution in [0, 0.1) is 0 Å². The zero-order valence-corrected chi connectivity index (χ0v) is 19.6. The maximum Gasteiger partial charge on any atom is 0.243 e. The first-order chi connectivity index (χ1) is 13.0. The van der Waals surface area contributed by atoms with Crippen molar-refractivity contribution in [1.29, 1.82) is 0 Å². The van der Waals surface area contributed by atoms with Crippen molar-refractivity contribution in [2.45, 2.75) is 19.4 Å². The molecule has 0 aliphatic heterocycles. The molecule has 5 nitrogen and oxygen atoms in total. The number of nitrogens with zero attached hydrogens (tertiary/aromatic N) is 2. The van der Waals surface area contributed by atoms with Gasteiger partial charge in [0.2, 0.25) is 5.91 Å². The van der Waals surface area contributed by atoms with Crippen LogP contribution in [0.3, 0.4) is 0 Å². The fraction of sp³-hybridized carbons (Fsp3) is 0.333. The molecule has 0 radical (unpaired) electrons. The van der Waals surface area contributed by atoms with E-state index in [1.807, 2.05) is 42.5 Å². The predicted molar refractivity (Wildman–Crippen MR) is 128 cm³/mol. The van der Waals surface area contributed by atoms with E-state index in [0.717, 1.165) is 22.6 Å². The van der Waals surface area contributed by atoms with Crippen molar-refractivity contribution in [3.8, 4) is 0 Å². The van der Waals surface area contributed by atoms with Crippen LogP contribution in [-0.2, 0) is 11.2 Å². The minimum atomic E-state index is -0.0432. The summed E-state index contributed by atoms with van der Waals surface area (Å²) in [6.07, 6.45) is 0.808. The Morgan fingerprint density at radius 2 is 1.86 bits per heavy atom. The molecule has 2 aromatic rings. The van der Waals surface area contributed by atoms with E-state index in [-0.39, 0.29) is 42.5 Å². The molecule has 2 N–H and O–H groups in total. The summed E-state index contributed by atoms with van der Waals surface area (Å²) >= 11 is 6.04. The molecule has 28 heavy (non-hydrogen) atoms. The molecule has 0 fully saturated rings. The molecule has 2 aromatic carbocycles. The van der Waals surface area contributed by atoms with Gasteiger partial charge >= 0.3 is 0 Å². The number of halogens is 2. The minimum absolute atomic E-state index is 0. The molecule has 0 saturated heterocycles. The van der Waals surface area contributed by atoms with E-state index in [4.69, 9.17) is 11.6 Å². The van der Waals surface area contributed by atoms with E-state index in [9.17, 15) is 4.79 Å². The molecule has 0 aliphatic carbocycles. The van der Waals surface area contributed by atoms with Crippen LogP contribution in [0.25, 0.3) is 0 Å². The molecule has 7 heteroatoms. The van der Waals surface area contributed by atoms with Gasteiger partial charge < -0.3 is 15.5 Å². The average Bonchev–Trinajstić information content (AvgIpc) is 2.66. The molecule has 152 valence electrons. The lowest BCUT2D eigenvalue weighted by Crippen LogP contribution is -2.40. The first-order valence-corrected chi connectivity index (χ1v) is 9.38. The quantitative estimate of drug-likeness (QED) is 0.335. The largest absolute Gasteiger partial charge is 0.356 e. The van der Waals surface area contributed by atoms with E-state index < -0.39 is 0 Å². The van der Waals surface area contributed by atoms with Gasteiger partial charge in [-0.25, -0.2) is 4.99 Å². The number of amides is 1. The van der Waals surface area contributed by atoms with Crippen molar-refractivity contribution in [3.05, 3.63) is 70.7 Å². The molecular weight excluding hydrogens is 487 g/mol. The Balaban J connectivity index is 0.00000392. The monoisotopic (exact) mass is 514 g/mol. The van der Waals surface area contributed by atoms with Gasteiger partial charge in [0.25, 0.3) is 0 Å². The fourth-order valence-corrected chi connectivity index (χ4v) is 2.70. The van der Waals surface area contributed by atoms with Crippen LogP contribution in [0.15, 0.2) is 59.6 Å². The third-order valence-corrected chi connectivity index (χ3v) is 4.35. The lowest BCUT2D eigenvalue weighted by atomic mass is 10.1. The van der Waals surface area contributed by atoms with Gasteiger partial charge in [0.1, 0.15) is 6.54 Å². The van der Waals surface area contributed by atoms with Crippen molar-refractivity contribution in [1.82, 2.24) is 15.5 Å². The zero-order valence-electron chi connectivity index (χ0n) is 16.5. The SMILES string of the molecule is CC(NC(=NCC(=O)N(C)C)NCCc1cccc(Cl)c1)c1ccccc1.I. The van der Waals surface area contributed by atoms with Gasteiger partial charge in [-0.3, -0.25) is 4.79 Å². The molecule has 0 heterocycles. The minimum Gasteiger partial charge on any atom is -0.356 e. The molecular formula is C21H28ClIN4O. The highest BCUT2D eigenvalue weighted by atomic mass is 127. The van der Waals surface area contributed by atoms with Crippen LogP contribution in [0.4, 0.5) is 0 Å². The standard InChI is InChI=1S/C21H27ClN4O.HI/c1-16(18-9-5-4-6-10-18)25-21(24-15-20(27)26(2)3)23-13-12-17-8-7-11-19(22)14-17;/h4-11,14,16H,12-13,15H2,1-3H3,(H2,23,24,25);1H. The first kappa shape index (κ1) is 24.2. The fourth-order valence-electron chi connectivity index (χ4n) is 2.49. The van der Waals surface area contributed by atoms with Crippen molar-refractivity contribution in [2.24, 2.45) is 4.99 Å². The first-order valence-electron chi connectivity index (χ1n) is 9.00. The van der Waals surface area contributed by atoms with Gasteiger partial charge in [0, 0.05) is 25.7 Å². The van der Waals surface area contributed by atoms with Crippen LogP contribution in [0.1, 0.15) is 24.1 Å². The Labute approximate surface area is 189 Å². The summed E-state index contributed by atoms with van der Waals surface area (Å²) in [5, 5.41) is 7.41.